The van der Waals surface area contributed by atoms with E-state index in [4.69, 9.17) is 11.6 Å². The van der Waals surface area contributed by atoms with E-state index in [1.807, 2.05) is 0 Å². The Morgan fingerprint density at radius 1 is 1.19 bits per heavy atom. The Kier molecular flexibility index (Phi) is 5.53. The SMILES string of the molecule is CCC(CC)CN(CC)c1nccnc1Cl. The maximum absolute atomic E-state index is 6.05. The van der Waals surface area contributed by atoms with Crippen molar-refractivity contribution in [2.45, 2.75) is 33.6 Å². The fraction of sp³-hybridized carbons (Fsp3) is 0.667. The van der Waals surface area contributed by atoms with Gasteiger partial charge in [-0.05, 0) is 12.8 Å². The average Bonchev–Trinajstić information content (AvgIpc) is 2.32. The highest BCUT2D eigenvalue weighted by molar-refractivity contribution is 6.31. The van der Waals surface area contributed by atoms with Gasteiger partial charge in [-0.1, -0.05) is 38.3 Å². The Bertz CT molecular complexity index is 313. The summed E-state index contributed by atoms with van der Waals surface area (Å²) >= 11 is 6.05. The predicted molar refractivity (Wildman–Crippen MR) is 69.0 cm³/mol. The maximum Gasteiger partial charge on any atom is 0.171 e. The van der Waals surface area contributed by atoms with E-state index in [2.05, 4.69) is 35.6 Å². The molecule has 1 aromatic heterocycles. The molecule has 0 aliphatic carbocycles. The summed E-state index contributed by atoms with van der Waals surface area (Å²) in [6.45, 7) is 8.48. The quantitative estimate of drug-likeness (QED) is 0.765. The molecule has 4 heteroatoms. The van der Waals surface area contributed by atoms with E-state index >= 15 is 0 Å². The zero-order valence-corrected chi connectivity index (χ0v) is 11.0. The molecular weight excluding hydrogens is 222 g/mol. The Morgan fingerprint density at radius 3 is 2.31 bits per heavy atom. The van der Waals surface area contributed by atoms with Crippen LogP contribution in [0.25, 0.3) is 0 Å². The van der Waals surface area contributed by atoms with Crippen LogP contribution in [-0.4, -0.2) is 23.1 Å². The minimum absolute atomic E-state index is 0.496. The molecule has 0 atom stereocenters. The van der Waals surface area contributed by atoms with Crippen LogP contribution in [0.15, 0.2) is 12.4 Å². The van der Waals surface area contributed by atoms with Gasteiger partial charge < -0.3 is 4.90 Å². The fourth-order valence-electron chi connectivity index (χ4n) is 1.75. The zero-order chi connectivity index (χ0) is 12.0. The lowest BCUT2D eigenvalue weighted by Crippen LogP contribution is -2.30. The van der Waals surface area contributed by atoms with E-state index in [0.29, 0.717) is 11.1 Å². The third-order valence-corrected chi connectivity index (χ3v) is 3.22. The van der Waals surface area contributed by atoms with Gasteiger partial charge in [0.2, 0.25) is 0 Å². The van der Waals surface area contributed by atoms with Gasteiger partial charge in [0.15, 0.2) is 11.0 Å². The molecule has 0 N–H and O–H groups in total. The van der Waals surface area contributed by atoms with Crippen molar-refractivity contribution in [3.63, 3.8) is 0 Å². The Hall–Kier alpha value is -0.830. The van der Waals surface area contributed by atoms with Crippen molar-refractivity contribution >= 4 is 17.4 Å². The lowest BCUT2D eigenvalue weighted by Gasteiger charge is -2.26. The van der Waals surface area contributed by atoms with Crippen LogP contribution in [0.5, 0.6) is 0 Å². The van der Waals surface area contributed by atoms with Crippen molar-refractivity contribution in [2.75, 3.05) is 18.0 Å². The van der Waals surface area contributed by atoms with E-state index in [-0.39, 0.29) is 0 Å². The molecule has 0 amide bonds. The van der Waals surface area contributed by atoms with E-state index in [1.165, 1.54) is 12.8 Å². The Morgan fingerprint density at radius 2 is 1.81 bits per heavy atom. The van der Waals surface area contributed by atoms with Crippen LogP contribution in [-0.2, 0) is 0 Å². The molecule has 0 saturated carbocycles. The molecule has 1 rings (SSSR count). The molecule has 0 radical (unpaired) electrons. The van der Waals surface area contributed by atoms with Crippen molar-refractivity contribution < 1.29 is 0 Å². The summed E-state index contributed by atoms with van der Waals surface area (Å²) in [4.78, 5) is 10.6. The predicted octanol–water partition coefficient (Wildman–Crippen LogP) is 3.39. The first-order chi connectivity index (χ1) is 7.72. The minimum atomic E-state index is 0.496. The minimum Gasteiger partial charge on any atom is -0.354 e. The molecule has 1 aromatic rings. The number of anilines is 1. The molecule has 0 bridgehead atoms. The van der Waals surface area contributed by atoms with Crippen LogP contribution in [0.3, 0.4) is 0 Å². The number of halogens is 1. The highest BCUT2D eigenvalue weighted by Gasteiger charge is 2.14. The van der Waals surface area contributed by atoms with E-state index in [0.717, 1.165) is 18.9 Å². The summed E-state index contributed by atoms with van der Waals surface area (Å²) in [5, 5.41) is 0.496. The van der Waals surface area contributed by atoms with Crippen molar-refractivity contribution in [3.8, 4) is 0 Å². The lowest BCUT2D eigenvalue weighted by atomic mass is 10.0. The van der Waals surface area contributed by atoms with Crippen LogP contribution in [0, 0.1) is 5.92 Å². The molecular formula is C12H20ClN3. The summed E-state index contributed by atoms with van der Waals surface area (Å²) < 4.78 is 0. The summed E-state index contributed by atoms with van der Waals surface area (Å²) in [6.07, 6.45) is 5.68. The average molecular weight is 242 g/mol. The third kappa shape index (κ3) is 3.34. The molecule has 1 heterocycles. The summed E-state index contributed by atoms with van der Waals surface area (Å²) in [5.41, 5.74) is 0. The fourth-order valence-corrected chi connectivity index (χ4v) is 1.97. The van der Waals surface area contributed by atoms with Gasteiger partial charge in [0.05, 0.1) is 0 Å². The van der Waals surface area contributed by atoms with E-state index in [9.17, 15) is 0 Å². The van der Waals surface area contributed by atoms with Crippen molar-refractivity contribution in [1.82, 2.24) is 9.97 Å². The summed E-state index contributed by atoms with van der Waals surface area (Å²) in [6, 6.07) is 0. The first kappa shape index (κ1) is 13.2. The van der Waals surface area contributed by atoms with E-state index < -0.39 is 0 Å². The molecule has 0 fully saturated rings. The van der Waals surface area contributed by atoms with Crippen LogP contribution in [0.2, 0.25) is 5.15 Å². The summed E-state index contributed by atoms with van der Waals surface area (Å²) in [5.74, 6) is 1.50. The Labute approximate surface area is 103 Å². The van der Waals surface area contributed by atoms with Crippen LogP contribution in [0.1, 0.15) is 33.6 Å². The van der Waals surface area contributed by atoms with Gasteiger partial charge in [-0.15, -0.1) is 0 Å². The van der Waals surface area contributed by atoms with Gasteiger partial charge in [0.1, 0.15) is 0 Å². The number of aromatic nitrogens is 2. The van der Waals surface area contributed by atoms with Crippen molar-refractivity contribution in [2.24, 2.45) is 5.92 Å². The highest BCUT2D eigenvalue weighted by Crippen LogP contribution is 2.22. The maximum atomic E-state index is 6.05. The van der Waals surface area contributed by atoms with Crippen LogP contribution < -0.4 is 4.90 Å². The molecule has 0 aliphatic heterocycles. The molecule has 90 valence electrons. The number of nitrogens with zero attached hydrogens (tertiary/aromatic N) is 3. The monoisotopic (exact) mass is 241 g/mol. The highest BCUT2D eigenvalue weighted by atomic mass is 35.5. The van der Waals surface area contributed by atoms with Crippen LogP contribution >= 0.6 is 11.6 Å². The van der Waals surface area contributed by atoms with Gasteiger partial charge in [0, 0.05) is 25.5 Å². The second-order valence-electron chi connectivity index (χ2n) is 3.89. The molecule has 0 unspecified atom stereocenters. The molecule has 0 saturated heterocycles. The molecule has 0 spiro atoms. The molecule has 0 aromatic carbocycles. The van der Waals surface area contributed by atoms with E-state index in [1.54, 1.807) is 12.4 Å². The standard InChI is InChI=1S/C12H20ClN3/c1-4-10(5-2)9-16(6-3)12-11(13)14-7-8-15-12/h7-8,10H,4-6,9H2,1-3H3. The normalized spacial score (nSPS) is 10.8. The van der Waals surface area contributed by atoms with Crippen molar-refractivity contribution in [1.29, 1.82) is 0 Å². The molecule has 0 aliphatic rings. The molecule has 3 nitrogen and oxygen atoms in total. The first-order valence-corrected chi connectivity index (χ1v) is 6.32. The zero-order valence-electron chi connectivity index (χ0n) is 10.3. The second kappa shape index (κ2) is 6.69. The van der Waals surface area contributed by atoms with Gasteiger partial charge in [0.25, 0.3) is 0 Å². The first-order valence-electron chi connectivity index (χ1n) is 5.94. The number of hydrogen-bond donors (Lipinski definition) is 0. The smallest absolute Gasteiger partial charge is 0.171 e. The molecule has 16 heavy (non-hydrogen) atoms. The van der Waals surface area contributed by atoms with Gasteiger partial charge in [-0.3, -0.25) is 0 Å². The third-order valence-electron chi connectivity index (χ3n) is 2.95. The topological polar surface area (TPSA) is 29.0 Å². The number of rotatable bonds is 6. The second-order valence-corrected chi connectivity index (χ2v) is 4.25. The van der Waals surface area contributed by atoms with Gasteiger partial charge in [-0.2, -0.15) is 0 Å². The van der Waals surface area contributed by atoms with Gasteiger partial charge >= 0.3 is 0 Å². The summed E-state index contributed by atoms with van der Waals surface area (Å²) in [7, 11) is 0. The Balaban J connectivity index is 2.78. The lowest BCUT2D eigenvalue weighted by molar-refractivity contribution is 0.484. The number of hydrogen-bond acceptors (Lipinski definition) is 3. The van der Waals surface area contributed by atoms with Gasteiger partial charge in [-0.25, -0.2) is 9.97 Å². The van der Waals surface area contributed by atoms with Crippen molar-refractivity contribution in [3.05, 3.63) is 17.5 Å². The van der Waals surface area contributed by atoms with Crippen LogP contribution in [0.4, 0.5) is 5.82 Å². The largest absolute Gasteiger partial charge is 0.354 e.